The maximum atomic E-state index is 13.6. The Bertz CT molecular complexity index is 488. The zero-order chi connectivity index (χ0) is 13.7. The topological polar surface area (TPSA) is 41.6 Å². The highest BCUT2D eigenvalue weighted by atomic mass is 19.1. The molecule has 1 heterocycles. The highest BCUT2D eigenvalue weighted by molar-refractivity contribution is 5.82. The van der Waals surface area contributed by atoms with Crippen LogP contribution in [-0.2, 0) is 16.1 Å². The van der Waals surface area contributed by atoms with E-state index < -0.39 is 0 Å². The third kappa shape index (κ3) is 3.47. The summed E-state index contributed by atoms with van der Waals surface area (Å²) in [5, 5.41) is 3.10. The Balaban J connectivity index is 2.07. The average Bonchev–Trinajstić information content (AvgIpc) is 2.80. The van der Waals surface area contributed by atoms with E-state index in [4.69, 9.17) is 4.74 Å². The lowest BCUT2D eigenvalue weighted by Crippen LogP contribution is -2.21. The predicted molar refractivity (Wildman–Crippen MR) is 69.5 cm³/mol. The van der Waals surface area contributed by atoms with Gasteiger partial charge in [-0.3, -0.25) is 0 Å². The summed E-state index contributed by atoms with van der Waals surface area (Å²) in [7, 11) is 0. The standard InChI is InChI=1S/C14H17FN2O2/c1-2-19-14(18)9-13-16-7-8-17(13)10-11-5-3-4-6-12(11)15/h3-6,9,16H,2,7-8,10H2,1H3/b13-9+. The van der Waals surface area contributed by atoms with E-state index in [1.54, 1.807) is 25.1 Å². The Morgan fingerprint density at radius 3 is 3.05 bits per heavy atom. The maximum Gasteiger partial charge on any atom is 0.334 e. The second kappa shape index (κ2) is 6.22. The number of nitrogens with one attached hydrogen (secondary N) is 1. The summed E-state index contributed by atoms with van der Waals surface area (Å²) < 4.78 is 18.5. The van der Waals surface area contributed by atoms with Crippen LogP contribution in [0.1, 0.15) is 12.5 Å². The molecule has 5 heteroatoms. The largest absolute Gasteiger partial charge is 0.463 e. The number of benzene rings is 1. The van der Waals surface area contributed by atoms with Gasteiger partial charge in [0.05, 0.1) is 12.7 Å². The van der Waals surface area contributed by atoms with E-state index in [-0.39, 0.29) is 11.8 Å². The molecule has 1 aromatic rings. The molecule has 0 aromatic heterocycles. The van der Waals surface area contributed by atoms with Gasteiger partial charge in [0.1, 0.15) is 11.6 Å². The molecule has 1 fully saturated rings. The van der Waals surface area contributed by atoms with Crippen molar-refractivity contribution in [1.29, 1.82) is 0 Å². The molecule has 0 bridgehead atoms. The van der Waals surface area contributed by atoms with Crippen molar-refractivity contribution >= 4 is 5.97 Å². The smallest absolute Gasteiger partial charge is 0.334 e. The van der Waals surface area contributed by atoms with Gasteiger partial charge in [-0.2, -0.15) is 0 Å². The second-order valence-corrected chi connectivity index (χ2v) is 4.22. The highest BCUT2D eigenvalue weighted by Gasteiger charge is 2.19. The number of carbonyl (C=O) groups is 1. The molecule has 2 rings (SSSR count). The number of hydrogen-bond acceptors (Lipinski definition) is 4. The molecular weight excluding hydrogens is 247 g/mol. The number of hydrogen-bond donors (Lipinski definition) is 1. The first-order chi connectivity index (χ1) is 9.20. The Morgan fingerprint density at radius 2 is 2.32 bits per heavy atom. The lowest BCUT2D eigenvalue weighted by Gasteiger charge is -2.19. The van der Waals surface area contributed by atoms with Crippen molar-refractivity contribution in [3.05, 3.63) is 47.5 Å². The van der Waals surface area contributed by atoms with Crippen LogP contribution < -0.4 is 5.32 Å². The van der Waals surface area contributed by atoms with Crippen LogP contribution in [-0.4, -0.2) is 30.6 Å². The van der Waals surface area contributed by atoms with Crippen LogP contribution in [0.4, 0.5) is 4.39 Å². The lowest BCUT2D eigenvalue weighted by atomic mass is 10.2. The third-order valence-electron chi connectivity index (χ3n) is 2.89. The average molecular weight is 264 g/mol. The van der Waals surface area contributed by atoms with Gasteiger partial charge in [-0.05, 0) is 13.0 Å². The van der Waals surface area contributed by atoms with Crippen LogP contribution >= 0.6 is 0 Å². The Morgan fingerprint density at radius 1 is 1.53 bits per heavy atom. The molecule has 0 radical (unpaired) electrons. The molecule has 102 valence electrons. The Labute approximate surface area is 111 Å². The molecule has 4 nitrogen and oxygen atoms in total. The second-order valence-electron chi connectivity index (χ2n) is 4.22. The fourth-order valence-corrected chi connectivity index (χ4v) is 1.99. The molecule has 1 aliphatic rings. The Hall–Kier alpha value is -2.04. The van der Waals surface area contributed by atoms with E-state index in [1.807, 2.05) is 4.90 Å². The molecule has 0 atom stereocenters. The highest BCUT2D eigenvalue weighted by Crippen LogP contribution is 2.15. The monoisotopic (exact) mass is 264 g/mol. The number of carbonyl (C=O) groups excluding carboxylic acids is 1. The van der Waals surface area contributed by atoms with Gasteiger partial charge in [-0.1, -0.05) is 18.2 Å². The van der Waals surface area contributed by atoms with Gasteiger partial charge in [0.25, 0.3) is 0 Å². The van der Waals surface area contributed by atoms with Crippen LogP contribution in [0.15, 0.2) is 36.2 Å². The van der Waals surface area contributed by atoms with E-state index in [0.717, 1.165) is 13.1 Å². The minimum Gasteiger partial charge on any atom is -0.463 e. The molecule has 0 aliphatic carbocycles. The number of halogens is 1. The zero-order valence-corrected chi connectivity index (χ0v) is 10.9. The first kappa shape index (κ1) is 13.4. The summed E-state index contributed by atoms with van der Waals surface area (Å²) in [6.07, 6.45) is 1.41. The van der Waals surface area contributed by atoms with Crippen molar-refractivity contribution in [2.24, 2.45) is 0 Å². The predicted octanol–water partition coefficient (Wildman–Crippen LogP) is 1.64. The van der Waals surface area contributed by atoms with E-state index in [1.165, 1.54) is 12.1 Å². The minimum atomic E-state index is -0.384. The van der Waals surface area contributed by atoms with E-state index in [0.29, 0.717) is 24.5 Å². The summed E-state index contributed by atoms with van der Waals surface area (Å²) in [5.74, 6) is 0.0667. The van der Waals surface area contributed by atoms with Gasteiger partial charge in [-0.15, -0.1) is 0 Å². The van der Waals surface area contributed by atoms with Crippen LogP contribution in [0.5, 0.6) is 0 Å². The number of rotatable bonds is 4. The van der Waals surface area contributed by atoms with E-state index in [2.05, 4.69) is 5.32 Å². The summed E-state index contributed by atoms with van der Waals surface area (Å²) >= 11 is 0. The number of ether oxygens (including phenoxy) is 1. The van der Waals surface area contributed by atoms with Gasteiger partial charge < -0.3 is 15.0 Å². The first-order valence-electron chi connectivity index (χ1n) is 6.31. The zero-order valence-electron chi connectivity index (χ0n) is 10.9. The van der Waals surface area contributed by atoms with Crippen molar-refractivity contribution in [1.82, 2.24) is 10.2 Å². The van der Waals surface area contributed by atoms with Crippen molar-refractivity contribution in [3.8, 4) is 0 Å². The molecular formula is C14H17FN2O2. The molecule has 0 spiro atoms. The number of nitrogens with zero attached hydrogens (tertiary/aromatic N) is 1. The first-order valence-corrected chi connectivity index (χ1v) is 6.31. The quantitative estimate of drug-likeness (QED) is 0.663. The van der Waals surface area contributed by atoms with Crippen LogP contribution in [0.3, 0.4) is 0 Å². The molecule has 1 aliphatic heterocycles. The fraction of sp³-hybridized carbons (Fsp3) is 0.357. The van der Waals surface area contributed by atoms with Gasteiger partial charge in [0.15, 0.2) is 0 Å². The molecule has 1 saturated heterocycles. The van der Waals surface area contributed by atoms with Crippen molar-refractivity contribution in [2.75, 3.05) is 19.7 Å². The third-order valence-corrected chi connectivity index (χ3v) is 2.89. The molecule has 1 N–H and O–H groups in total. The molecule has 19 heavy (non-hydrogen) atoms. The molecule has 0 amide bonds. The van der Waals surface area contributed by atoms with E-state index >= 15 is 0 Å². The molecule has 1 aromatic carbocycles. The normalized spacial score (nSPS) is 16.5. The fourth-order valence-electron chi connectivity index (χ4n) is 1.99. The van der Waals surface area contributed by atoms with Gasteiger partial charge in [0, 0.05) is 25.2 Å². The minimum absolute atomic E-state index is 0.232. The van der Waals surface area contributed by atoms with Crippen LogP contribution in [0.25, 0.3) is 0 Å². The van der Waals surface area contributed by atoms with Gasteiger partial charge in [0.2, 0.25) is 0 Å². The molecule has 0 saturated carbocycles. The van der Waals surface area contributed by atoms with Crippen molar-refractivity contribution in [2.45, 2.75) is 13.5 Å². The van der Waals surface area contributed by atoms with E-state index in [9.17, 15) is 9.18 Å². The summed E-state index contributed by atoms with van der Waals surface area (Å²) in [4.78, 5) is 13.4. The van der Waals surface area contributed by atoms with Gasteiger partial charge >= 0.3 is 5.97 Å². The summed E-state index contributed by atoms with van der Waals surface area (Å²) in [6.45, 7) is 4.01. The van der Waals surface area contributed by atoms with Crippen molar-refractivity contribution in [3.63, 3.8) is 0 Å². The summed E-state index contributed by atoms with van der Waals surface area (Å²) in [5.41, 5.74) is 0.612. The van der Waals surface area contributed by atoms with Crippen LogP contribution in [0.2, 0.25) is 0 Å². The number of esters is 1. The van der Waals surface area contributed by atoms with Crippen molar-refractivity contribution < 1.29 is 13.9 Å². The maximum absolute atomic E-state index is 13.6. The Kier molecular flexibility index (Phi) is 4.39. The lowest BCUT2D eigenvalue weighted by molar-refractivity contribution is -0.137. The SMILES string of the molecule is CCOC(=O)/C=C1\NCCN1Cc1ccccc1F. The van der Waals surface area contributed by atoms with Gasteiger partial charge in [-0.25, -0.2) is 9.18 Å². The summed E-state index contributed by atoms with van der Waals surface area (Å²) in [6, 6.07) is 6.65. The van der Waals surface area contributed by atoms with Crippen LogP contribution in [0, 0.1) is 5.82 Å². The molecule has 0 unspecified atom stereocenters.